The van der Waals surface area contributed by atoms with E-state index in [-0.39, 0.29) is 5.91 Å². The molecule has 1 amide bonds. The number of amides is 1. The van der Waals surface area contributed by atoms with Crippen molar-refractivity contribution in [3.63, 3.8) is 0 Å². The predicted molar refractivity (Wildman–Crippen MR) is 110 cm³/mol. The van der Waals surface area contributed by atoms with Crippen LogP contribution < -0.4 is 10.5 Å². The van der Waals surface area contributed by atoms with Crippen molar-refractivity contribution in [2.24, 2.45) is 5.73 Å². The predicted octanol–water partition coefficient (Wildman–Crippen LogP) is 6.32. The molecule has 0 saturated carbocycles. The topological polar surface area (TPSA) is 52.3 Å². The molecule has 0 aliphatic rings. The van der Waals surface area contributed by atoms with Crippen LogP contribution in [0.2, 0.25) is 0 Å². The van der Waals surface area contributed by atoms with Crippen molar-refractivity contribution in [1.82, 2.24) is 0 Å². The number of unbranched alkanes of at least 4 members (excludes halogenated alkanes) is 11. The third-order valence-corrected chi connectivity index (χ3v) is 5.00. The van der Waals surface area contributed by atoms with Crippen molar-refractivity contribution in [3.05, 3.63) is 29.8 Å². The van der Waals surface area contributed by atoms with Crippen LogP contribution in [0.3, 0.4) is 0 Å². The summed E-state index contributed by atoms with van der Waals surface area (Å²) in [5.41, 5.74) is 6.55. The van der Waals surface area contributed by atoms with Gasteiger partial charge in [-0.1, -0.05) is 95.8 Å². The van der Waals surface area contributed by atoms with Gasteiger partial charge < -0.3 is 10.5 Å². The lowest BCUT2D eigenvalue weighted by Crippen LogP contribution is -2.33. The molecule has 0 heterocycles. The highest BCUT2D eigenvalue weighted by molar-refractivity contribution is 5.79. The van der Waals surface area contributed by atoms with Gasteiger partial charge in [-0.05, 0) is 31.4 Å². The second kappa shape index (κ2) is 14.6. The standard InChI is InChI=1S/C23H39NO2/c1-3-4-5-6-7-8-9-10-11-12-13-14-19-22(23(24)25)26-21-18-16-15-17-20(21)2/h15-18,22H,3-14,19H2,1-2H3,(H2,24,25). The van der Waals surface area contributed by atoms with Gasteiger partial charge in [-0.25, -0.2) is 0 Å². The van der Waals surface area contributed by atoms with E-state index < -0.39 is 6.10 Å². The highest BCUT2D eigenvalue weighted by Crippen LogP contribution is 2.20. The Kier molecular flexibility index (Phi) is 12.7. The van der Waals surface area contributed by atoms with Crippen LogP contribution in [0.1, 0.15) is 96.0 Å². The lowest BCUT2D eigenvalue weighted by Gasteiger charge is -2.17. The number of nitrogens with two attached hydrogens (primary N) is 1. The van der Waals surface area contributed by atoms with E-state index in [0.717, 1.165) is 24.2 Å². The molecule has 1 atom stereocenters. The number of ether oxygens (including phenoxy) is 1. The van der Waals surface area contributed by atoms with Crippen molar-refractivity contribution in [1.29, 1.82) is 0 Å². The van der Waals surface area contributed by atoms with Crippen molar-refractivity contribution in [2.75, 3.05) is 0 Å². The highest BCUT2D eigenvalue weighted by Gasteiger charge is 2.17. The summed E-state index contributed by atoms with van der Waals surface area (Å²) >= 11 is 0. The van der Waals surface area contributed by atoms with Crippen LogP contribution >= 0.6 is 0 Å². The number of carbonyl (C=O) groups is 1. The zero-order chi connectivity index (χ0) is 19.0. The minimum absolute atomic E-state index is 0.365. The SMILES string of the molecule is CCCCCCCCCCCCCCC(Oc1ccccc1C)C(N)=O. The molecule has 0 aliphatic carbocycles. The van der Waals surface area contributed by atoms with E-state index >= 15 is 0 Å². The van der Waals surface area contributed by atoms with Crippen molar-refractivity contribution < 1.29 is 9.53 Å². The maximum absolute atomic E-state index is 11.6. The quantitative estimate of drug-likeness (QED) is 0.350. The first-order valence-corrected chi connectivity index (χ1v) is 10.7. The first kappa shape index (κ1) is 22.5. The summed E-state index contributed by atoms with van der Waals surface area (Å²) in [5, 5.41) is 0. The molecule has 1 aromatic rings. The van der Waals surface area contributed by atoms with Gasteiger partial charge in [0.2, 0.25) is 0 Å². The average Bonchev–Trinajstić information content (AvgIpc) is 2.63. The molecule has 1 aromatic carbocycles. The van der Waals surface area contributed by atoms with Crippen LogP contribution in [-0.4, -0.2) is 12.0 Å². The minimum atomic E-state index is -0.515. The highest BCUT2D eigenvalue weighted by atomic mass is 16.5. The summed E-state index contributed by atoms with van der Waals surface area (Å²) in [7, 11) is 0. The Bertz CT molecular complexity index is 487. The monoisotopic (exact) mass is 361 g/mol. The molecule has 0 radical (unpaired) electrons. The normalized spacial score (nSPS) is 12.1. The summed E-state index contributed by atoms with van der Waals surface area (Å²) in [6, 6.07) is 7.77. The Balaban J connectivity index is 2.06. The van der Waals surface area contributed by atoms with Gasteiger partial charge in [0, 0.05) is 0 Å². The van der Waals surface area contributed by atoms with Gasteiger partial charge >= 0.3 is 0 Å². The first-order chi connectivity index (χ1) is 12.6. The number of rotatable bonds is 16. The molecule has 26 heavy (non-hydrogen) atoms. The molecular weight excluding hydrogens is 322 g/mol. The minimum Gasteiger partial charge on any atom is -0.480 e. The smallest absolute Gasteiger partial charge is 0.258 e. The Labute approximate surface area is 160 Å². The van der Waals surface area contributed by atoms with E-state index in [9.17, 15) is 4.79 Å². The van der Waals surface area contributed by atoms with E-state index in [1.165, 1.54) is 64.2 Å². The summed E-state index contributed by atoms with van der Waals surface area (Å²) in [6.07, 6.45) is 15.9. The van der Waals surface area contributed by atoms with E-state index in [2.05, 4.69) is 6.92 Å². The molecule has 1 rings (SSSR count). The fourth-order valence-corrected chi connectivity index (χ4v) is 3.27. The van der Waals surface area contributed by atoms with Crippen LogP contribution in [0.4, 0.5) is 0 Å². The van der Waals surface area contributed by atoms with Gasteiger partial charge in [-0.15, -0.1) is 0 Å². The van der Waals surface area contributed by atoms with E-state index in [4.69, 9.17) is 10.5 Å². The number of primary amides is 1. The number of para-hydroxylation sites is 1. The largest absolute Gasteiger partial charge is 0.480 e. The maximum atomic E-state index is 11.6. The molecule has 1 unspecified atom stereocenters. The van der Waals surface area contributed by atoms with E-state index in [1.807, 2.05) is 31.2 Å². The number of aryl methyl sites for hydroxylation is 1. The molecule has 3 heteroatoms. The molecule has 0 aromatic heterocycles. The van der Waals surface area contributed by atoms with Crippen LogP contribution in [0, 0.1) is 6.92 Å². The summed E-state index contributed by atoms with van der Waals surface area (Å²) in [4.78, 5) is 11.6. The van der Waals surface area contributed by atoms with Gasteiger partial charge in [0.05, 0.1) is 0 Å². The molecule has 0 spiro atoms. The maximum Gasteiger partial charge on any atom is 0.258 e. The zero-order valence-electron chi connectivity index (χ0n) is 17.0. The first-order valence-electron chi connectivity index (χ1n) is 10.7. The molecule has 0 aliphatic heterocycles. The molecular formula is C23H39NO2. The van der Waals surface area contributed by atoms with Crippen LogP contribution in [0.5, 0.6) is 5.75 Å². The Hall–Kier alpha value is -1.51. The average molecular weight is 362 g/mol. The zero-order valence-corrected chi connectivity index (χ0v) is 17.0. The lowest BCUT2D eigenvalue weighted by atomic mass is 10.0. The molecule has 0 saturated heterocycles. The third-order valence-electron chi connectivity index (χ3n) is 5.00. The van der Waals surface area contributed by atoms with E-state index in [1.54, 1.807) is 0 Å². The Morgan fingerprint density at radius 3 is 1.88 bits per heavy atom. The van der Waals surface area contributed by atoms with Crippen molar-refractivity contribution >= 4 is 5.91 Å². The lowest BCUT2D eigenvalue weighted by molar-refractivity contribution is -0.125. The second-order valence-corrected chi connectivity index (χ2v) is 7.45. The second-order valence-electron chi connectivity index (χ2n) is 7.45. The number of carbonyl (C=O) groups excluding carboxylic acids is 1. The van der Waals surface area contributed by atoms with Gasteiger partial charge in [0.25, 0.3) is 5.91 Å². The van der Waals surface area contributed by atoms with Crippen LogP contribution in [0.25, 0.3) is 0 Å². The Morgan fingerprint density at radius 2 is 1.38 bits per heavy atom. The van der Waals surface area contributed by atoms with Crippen LogP contribution in [-0.2, 0) is 4.79 Å². The summed E-state index contributed by atoms with van der Waals surface area (Å²) < 4.78 is 5.83. The van der Waals surface area contributed by atoms with Gasteiger partial charge in [-0.2, -0.15) is 0 Å². The molecule has 148 valence electrons. The number of benzene rings is 1. The number of hydrogen-bond acceptors (Lipinski definition) is 2. The summed E-state index contributed by atoms with van der Waals surface area (Å²) in [5.74, 6) is 0.395. The van der Waals surface area contributed by atoms with Gasteiger partial charge in [0.1, 0.15) is 5.75 Å². The van der Waals surface area contributed by atoms with Crippen molar-refractivity contribution in [3.8, 4) is 5.75 Å². The third kappa shape index (κ3) is 10.5. The van der Waals surface area contributed by atoms with Gasteiger partial charge in [-0.3, -0.25) is 4.79 Å². The number of hydrogen-bond donors (Lipinski definition) is 1. The molecule has 0 fully saturated rings. The molecule has 3 nitrogen and oxygen atoms in total. The fraction of sp³-hybridized carbons (Fsp3) is 0.696. The van der Waals surface area contributed by atoms with Crippen molar-refractivity contribution in [2.45, 2.75) is 103 Å². The fourth-order valence-electron chi connectivity index (χ4n) is 3.27. The molecule has 2 N–H and O–H groups in total. The van der Waals surface area contributed by atoms with E-state index in [0.29, 0.717) is 6.42 Å². The Morgan fingerprint density at radius 1 is 0.885 bits per heavy atom. The van der Waals surface area contributed by atoms with Gasteiger partial charge in [0.15, 0.2) is 6.10 Å². The summed E-state index contributed by atoms with van der Waals surface area (Å²) in [6.45, 7) is 4.25. The molecule has 0 bridgehead atoms. The van der Waals surface area contributed by atoms with Crippen LogP contribution in [0.15, 0.2) is 24.3 Å².